The average Bonchev–Trinajstić information content (AvgIpc) is 2.84. The van der Waals surface area contributed by atoms with E-state index >= 15 is 0 Å². The van der Waals surface area contributed by atoms with Crippen LogP contribution in [0.15, 0.2) is 58.4 Å². The highest BCUT2D eigenvalue weighted by atomic mass is 35.5. The van der Waals surface area contributed by atoms with Gasteiger partial charge < -0.3 is 20.1 Å². The summed E-state index contributed by atoms with van der Waals surface area (Å²) in [6, 6.07) is 11.5. The number of ether oxygens (including phenoxy) is 1. The zero-order chi connectivity index (χ0) is 26.1. The average molecular weight is 533 g/mol. The molecule has 1 heterocycles. The van der Waals surface area contributed by atoms with Gasteiger partial charge in [0.2, 0.25) is 0 Å². The van der Waals surface area contributed by atoms with Crippen molar-refractivity contribution >= 4 is 38.3 Å². The number of aromatic nitrogens is 1. The van der Waals surface area contributed by atoms with E-state index in [1.54, 1.807) is 42.6 Å². The summed E-state index contributed by atoms with van der Waals surface area (Å²) in [4.78, 5) is 26.5. The number of H-pyrrole nitrogens is 1. The van der Waals surface area contributed by atoms with Gasteiger partial charge in [0.1, 0.15) is 5.75 Å². The smallest absolute Gasteiger partial charge is 0.404 e. The van der Waals surface area contributed by atoms with E-state index in [0.717, 1.165) is 17.2 Å². The summed E-state index contributed by atoms with van der Waals surface area (Å²) in [5.41, 5.74) is -0.0162. The molecule has 1 aromatic heterocycles. The Labute approximate surface area is 214 Å². The van der Waals surface area contributed by atoms with Crippen LogP contribution in [-0.4, -0.2) is 43.0 Å². The topological polar surface area (TPSA) is 126 Å². The number of nitrogens with one attached hydrogen (secondary N) is 2. The van der Waals surface area contributed by atoms with Crippen molar-refractivity contribution in [3.63, 3.8) is 0 Å². The van der Waals surface area contributed by atoms with Gasteiger partial charge in [-0.25, -0.2) is 13.2 Å². The molecule has 1 unspecified atom stereocenters. The van der Waals surface area contributed by atoms with Gasteiger partial charge in [-0.15, -0.1) is 0 Å². The number of fused-ring (bicyclic) bond motifs is 1. The molecule has 1 atom stereocenters. The molecule has 0 radical (unpaired) electrons. The summed E-state index contributed by atoms with van der Waals surface area (Å²) in [5, 5.41) is 13.7. The highest BCUT2D eigenvalue weighted by Crippen LogP contribution is 2.45. The lowest BCUT2D eigenvalue weighted by Crippen LogP contribution is -2.52. The molecule has 3 N–H and O–H groups in total. The van der Waals surface area contributed by atoms with Crippen molar-refractivity contribution in [3.8, 4) is 5.75 Å². The molecule has 1 aliphatic carbocycles. The zero-order valence-corrected chi connectivity index (χ0v) is 21.7. The Kier molecular flexibility index (Phi) is 7.33. The predicted molar refractivity (Wildman–Crippen MR) is 139 cm³/mol. The zero-order valence-electron chi connectivity index (χ0n) is 20.1. The largest absolute Gasteiger partial charge is 0.489 e. The SMILES string of the molecule is CCC(NC(=O)O)C1(c2cccc(S(C)(=O)=O)c2)CCC(Oc2cc3cc[nH]c(=O)c3cc2Cl)CC1. The standard InChI is InChI=1S/C26H29ClN2O6S/c1-3-23(29-25(31)32)26(17-5-4-6-19(14-17)36(2,33)34)10-7-18(8-11-26)35-22-13-16-9-12-28-24(30)20(16)15-21(22)27/h4-6,9,12-15,18,23,29H,3,7-8,10-11H2,1-2H3,(H,28,30)(H,31,32). The van der Waals surface area contributed by atoms with E-state index in [4.69, 9.17) is 16.3 Å². The van der Waals surface area contributed by atoms with Gasteiger partial charge in [0.25, 0.3) is 5.56 Å². The van der Waals surface area contributed by atoms with Crippen LogP contribution in [0, 0.1) is 0 Å². The van der Waals surface area contributed by atoms with E-state index in [0.29, 0.717) is 48.3 Å². The van der Waals surface area contributed by atoms with Crippen molar-refractivity contribution in [1.82, 2.24) is 10.3 Å². The summed E-state index contributed by atoms with van der Waals surface area (Å²) < 4.78 is 30.7. The molecular formula is C26H29ClN2O6S. The highest BCUT2D eigenvalue weighted by Gasteiger charge is 2.44. The molecule has 192 valence electrons. The van der Waals surface area contributed by atoms with Gasteiger partial charge in [0, 0.05) is 29.3 Å². The molecule has 0 aliphatic heterocycles. The second kappa shape index (κ2) is 10.1. The molecule has 8 nitrogen and oxygen atoms in total. The van der Waals surface area contributed by atoms with Crippen LogP contribution in [0.3, 0.4) is 0 Å². The summed E-state index contributed by atoms with van der Waals surface area (Å²) in [7, 11) is -3.42. The number of benzene rings is 2. The molecule has 0 saturated heterocycles. The molecule has 3 aromatic rings. The van der Waals surface area contributed by atoms with Gasteiger partial charge in [0.05, 0.1) is 16.0 Å². The van der Waals surface area contributed by atoms with E-state index in [2.05, 4.69) is 10.3 Å². The van der Waals surface area contributed by atoms with Crippen molar-refractivity contribution in [1.29, 1.82) is 0 Å². The van der Waals surface area contributed by atoms with Gasteiger partial charge in [-0.2, -0.15) is 0 Å². The molecule has 2 aromatic carbocycles. The van der Waals surface area contributed by atoms with Gasteiger partial charge in [-0.1, -0.05) is 30.7 Å². The number of rotatable bonds is 7. The molecule has 0 spiro atoms. The first kappa shape index (κ1) is 26.0. The fourth-order valence-electron chi connectivity index (χ4n) is 5.34. The summed E-state index contributed by atoms with van der Waals surface area (Å²) in [6.07, 6.45) is 4.41. The molecule has 10 heteroatoms. The van der Waals surface area contributed by atoms with Crippen LogP contribution in [0.1, 0.15) is 44.6 Å². The van der Waals surface area contributed by atoms with E-state index in [1.807, 2.05) is 13.0 Å². The lowest BCUT2D eigenvalue weighted by atomic mass is 9.63. The quantitative estimate of drug-likeness (QED) is 0.398. The third-order valence-electron chi connectivity index (χ3n) is 7.15. The predicted octanol–water partition coefficient (Wildman–Crippen LogP) is 4.89. The van der Waals surface area contributed by atoms with Gasteiger partial charge in [-0.05, 0) is 73.4 Å². The molecule has 4 rings (SSSR count). The Morgan fingerprint density at radius 2 is 1.97 bits per heavy atom. The van der Waals surface area contributed by atoms with Crippen LogP contribution in [0.5, 0.6) is 5.75 Å². The summed E-state index contributed by atoms with van der Waals surface area (Å²) >= 11 is 6.43. The normalized spacial score (nSPS) is 21.1. The monoisotopic (exact) mass is 532 g/mol. The van der Waals surface area contributed by atoms with Crippen LogP contribution < -0.4 is 15.6 Å². The molecule has 1 saturated carbocycles. The molecule has 36 heavy (non-hydrogen) atoms. The van der Waals surface area contributed by atoms with Crippen molar-refractivity contribution < 1.29 is 23.1 Å². The first-order valence-electron chi connectivity index (χ1n) is 11.8. The van der Waals surface area contributed by atoms with Crippen LogP contribution in [0.25, 0.3) is 10.8 Å². The van der Waals surface area contributed by atoms with Crippen molar-refractivity contribution in [2.45, 2.75) is 61.5 Å². The number of amides is 1. The number of hydrogen-bond donors (Lipinski definition) is 3. The van der Waals surface area contributed by atoms with Crippen molar-refractivity contribution in [2.75, 3.05) is 6.26 Å². The summed E-state index contributed by atoms with van der Waals surface area (Å²) in [5.74, 6) is 0.488. The number of sulfone groups is 1. The van der Waals surface area contributed by atoms with Crippen LogP contribution in [0.2, 0.25) is 5.02 Å². The Bertz CT molecular complexity index is 1440. The second-order valence-electron chi connectivity index (χ2n) is 9.36. The summed E-state index contributed by atoms with van der Waals surface area (Å²) in [6.45, 7) is 1.92. The van der Waals surface area contributed by atoms with Gasteiger partial charge in [0.15, 0.2) is 9.84 Å². The van der Waals surface area contributed by atoms with Gasteiger partial charge in [-0.3, -0.25) is 4.79 Å². The Balaban J connectivity index is 1.63. The van der Waals surface area contributed by atoms with E-state index < -0.39 is 27.4 Å². The maximum absolute atomic E-state index is 12.2. The Hall–Kier alpha value is -3.04. The Morgan fingerprint density at radius 1 is 1.25 bits per heavy atom. The minimum Gasteiger partial charge on any atom is -0.489 e. The first-order valence-corrected chi connectivity index (χ1v) is 14.1. The van der Waals surface area contributed by atoms with Crippen LogP contribution in [0.4, 0.5) is 4.79 Å². The van der Waals surface area contributed by atoms with Crippen molar-refractivity contribution in [3.05, 3.63) is 69.6 Å². The highest BCUT2D eigenvalue weighted by molar-refractivity contribution is 7.90. The van der Waals surface area contributed by atoms with E-state index in [1.165, 1.54) is 0 Å². The van der Waals surface area contributed by atoms with Gasteiger partial charge >= 0.3 is 6.09 Å². The number of pyridine rings is 1. The fourth-order valence-corrected chi connectivity index (χ4v) is 6.21. The molecule has 0 bridgehead atoms. The molecule has 1 fully saturated rings. The fraction of sp³-hybridized carbons (Fsp3) is 0.385. The maximum atomic E-state index is 12.2. The number of carboxylic acid groups (broad SMARTS) is 1. The number of carbonyl (C=O) groups is 1. The van der Waals surface area contributed by atoms with E-state index in [-0.39, 0.29) is 16.6 Å². The lowest BCUT2D eigenvalue weighted by Gasteiger charge is -2.45. The maximum Gasteiger partial charge on any atom is 0.404 e. The van der Waals surface area contributed by atoms with Crippen molar-refractivity contribution in [2.24, 2.45) is 0 Å². The molecule has 1 amide bonds. The first-order chi connectivity index (χ1) is 17.0. The Morgan fingerprint density at radius 3 is 2.61 bits per heavy atom. The molecular weight excluding hydrogens is 504 g/mol. The number of halogens is 1. The minimum atomic E-state index is -3.42. The van der Waals surface area contributed by atoms with Crippen LogP contribution in [-0.2, 0) is 15.3 Å². The number of hydrogen-bond acceptors (Lipinski definition) is 5. The van der Waals surface area contributed by atoms with Crippen LogP contribution >= 0.6 is 11.6 Å². The number of aromatic amines is 1. The second-order valence-corrected chi connectivity index (χ2v) is 11.8. The third kappa shape index (κ3) is 5.22. The lowest BCUT2D eigenvalue weighted by molar-refractivity contribution is 0.0944. The molecule has 1 aliphatic rings. The third-order valence-corrected chi connectivity index (χ3v) is 8.56. The van der Waals surface area contributed by atoms with E-state index in [9.17, 15) is 23.1 Å². The minimum absolute atomic E-state index is 0.171.